The smallest absolute Gasteiger partial charge is 0.231 e. The largest absolute Gasteiger partial charge is 0.341 e. The molecule has 3 rings (SSSR count). The summed E-state index contributed by atoms with van der Waals surface area (Å²) < 4.78 is -0.969. The van der Waals surface area contributed by atoms with E-state index in [1.165, 1.54) is 0 Å². The number of amides is 2. The predicted molar refractivity (Wildman–Crippen MR) is 91.5 cm³/mol. The van der Waals surface area contributed by atoms with E-state index in [1.54, 1.807) is 11.8 Å². The average molecular weight is 355 g/mol. The topological polar surface area (TPSA) is 49.4 Å². The fraction of sp³-hybridized carbons (Fsp3) is 0.529. The van der Waals surface area contributed by atoms with E-state index in [0.717, 1.165) is 18.5 Å². The number of likely N-dealkylation sites (tertiary alicyclic amines) is 1. The maximum absolute atomic E-state index is 12.6. The van der Waals surface area contributed by atoms with E-state index in [4.69, 9.17) is 23.2 Å². The minimum absolute atomic E-state index is 0.0419. The number of para-hydroxylation sites is 1. The van der Waals surface area contributed by atoms with Crippen molar-refractivity contribution in [3.63, 3.8) is 0 Å². The zero-order chi connectivity index (χ0) is 16.7. The van der Waals surface area contributed by atoms with Gasteiger partial charge in [0.2, 0.25) is 11.8 Å². The number of nitrogens with one attached hydrogen (secondary N) is 1. The Morgan fingerprint density at radius 2 is 1.91 bits per heavy atom. The highest BCUT2D eigenvalue weighted by Crippen LogP contribution is 2.64. The molecule has 0 bridgehead atoms. The van der Waals surface area contributed by atoms with Gasteiger partial charge in [-0.2, -0.15) is 0 Å². The maximum atomic E-state index is 12.6. The van der Waals surface area contributed by atoms with Gasteiger partial charge in [-0.3, -0.25) is 9.59 Å². The lowest BCUT2D eigenvalue weighted by molar-refractivity contribution is -0.139. The molecule has 23 heavy (non-hydrogen) atoms. The summed E-state index contributed by atoms with van der Waals surface area (Å²) in [5, 5.41) is 2.91. The molecule has 2 aliphatic rings. The van der Waals surface area contributed by atoms with Gasteiger partial charge in [-0.15, -0.1) is 23.2 Å². The molecule has 124 valence electrons. The Morgan fingerprint density at radius 3 is 2.52 bits per heavy atom. The van der Waals surface area contributed by atoms with E-state index in [9.17, 15) is 9.59 Å². The summed E-state index contributed by atoms with van der Waals surface area (Å²) >= 11 is 12.2. The van der Waals surface area contributed by atoms with Crippen LogP contribution in [0.3, 0.4) is 0 Å². The molecule has 1 saturated heterocycles. The van der Waals surface area contributed by atoms with Crippen LogP contribution in [-0.2, 0) is 9.59 Å². The predicted octanol–water partition coefficient (Wildman–Crippen LogP) is 3.45. The zero-order valence-electron chi connectivity index (χ0n) is 13.0. The summed E-state index contributed by atoms with van der Waals surface area (Å²) in [4.78, 5) is 26.8. The second kappa shape index (κ2) is 5.99. The third-order valence-corrected chi connectivity index (χ3v) is 5.95. The number of carbonyl (C=O) groups excluding carboxylic acids is 2. The van der Waals surface area contributed by atoms with Crippen molar-refractivity contribution in [3.8, 4) is 0 Å². The maximum Gasteiger partial charge on any atom is 0.231 e. The molecule has 1 saturated carbocycles. The number of rotatable bonds is 3. The molecule has 1 aromatic rings. The van der Waals surface area contributed by atoms with Gasteiger partial charge in [-0.05, 0) is 38.3 Å². The molecule has 1 heterocycles. The van der Waals surface area contributed by atoms with Gasteiger partial charge in [0.1, 0.15) is 4.33 Å². The molecular formula is C17H20Cl2N2O2. The first kappa shape index (κ1) is 16.6. The van der Waals surface area contributed by atoms with Gasteiger partial charge >= 0.3 is 0 Å². The SMILES string of the molecule is C[C@]1(C(=O)N2CCC[C@@H](C(=O)Nc3ccccc3)C2)CC1(Cl)Cl. The van der Waals surface area contributed by atoms with E-state index >= 15 is 0 Å². The monoisotopic (exact) mass is 354 g/mol. The Hall–Kier alpha value is -1.26. The van der Waals surface area contributed by atoms with Crippen molar-refractivity contribution in [2.45, 2.75) is 30.5 Å². The van der Waals surface area contributed by atoms with Crippen molar-refractivity contribution >= 4 is 40.7 Å². The van der Waals surface area contributed by atoms with E-state index in [-0.39, 0.29) is 17.7 Å². The van der Waals surface area contributed by atoms with Crippen LogP contribution in [0, 0.1) is 11.3 Å². The number of benzene rings is 1. The third kappa shape index (κ3) is 3.20. The summed E-state index contributed by atoms with van der Waals surface area (Å²) in [6.45, 7) is 2.88. The highest BCUT2D eigenvalue weighted by Gasteiger charge is 2.68. The van der Waals surface area contributed by atoms with Crippen LogP contribution in [-0.4, -0.2) is 34.1 Å². The van der Waals surface area contributed by atoms with Crippen LogP contribution in [0.4, 0.5) is 5.69 Å². The molecule has 1 aliphatic carbocycles. The fourth-order valence-corrected chi connectivity index (χ4v) is 3.82. The number of carbonyl (C=O) groups is 2. The molecule has 2 atom stereocenters. The van der Waals surface area contributed by atoms with Gasteiger partial charge in [0.15, 0.2) is 0 Å². The van der Waals surface area contributed by atoms with Crippen LogP contribution in [0.25, 0.3) is 0 Å². The van der Waals surface area contributed by atoms with Crippen molar-refractivity contribution in [3.05, 3.63) is 30.3 Å². The number of hydrogen-bond acceptors (Lipinski definition) is 2. The Kier molecular flexibility index (Phi) is 4.32. The molecule has 1 aliphatic heterocycles. The summed E-state index contributed by atoms with van der Waals surface area (Å²) in [6.07, 6.45) is 2.07. The lowest BCUT2D eigenvalue weighted by Gasteiger charge is -2.34. The number of alkyl halides is 2. The average Bonchev–Trinajstić information content (AvgIpc) is 3.07. The number of nitrogens with zero attached hydrogens (tertiary/aromatic N) is 1. The summed E-state index contributed by atoms with van der Waals surface area (Å²) in [7, 11) is 0. The lowest BCUT2D eigenvalue weighted by Crippen LogP contribution is -2.47. The molecule has 4 nitrogen and oxygen atoms in total. The molecule has 0 radical (unpaired) electrons. The summed E-state index contributed by atoms with van der Waals surface area (Å²) in [5.74, 6) is -0.285. The number of halogens is 2. The van der Waals surface area contributed by atoms with E-state index in [0.29, 0.717) is 19.5 Å². The molecule has 0 aromatic heterocycles. The second-order valence-corrected chi connectivity index (χ2v) is 8.14. The van der Waals surface area contributed by atoms with Crippen molar-refractivity contribution in [2.24, 2.45) is 11.3 Å². The van der Waals surface area contributed by atoms with Crippen LogP contribution in [0.15, 0.2) is 30.3 Å². The van der Waals surface area contributed by atoms with Gasteiger partial charge in [-0.1, -0.05) is 18.2 Å². The Morgan fingerprint density at radius 1 is 1.26 bits per heavy atom. The molecule has 1 N–H and O–H groups in total. The minimum atomic E-state index is -0.969. The fourth-order valence-electron chi connectivity index (χ4n) is 3.12. The Bertz CT molecular complexity index is 620. The first-order chi connectivity index (χ1) is 10.8. The molecule has 6 heteroatoms. The minimum Gasteiger partial charge on any atom is -0.341 e. The quantitative estimate of drug-likeness (QED) is 0.845. The normalized spacial score (nSPS) is 29.0. The van der Waals surface area contributed by atoms with Crippen LogP contribution in [0.5, 0.6) is 0 Å². The highest BCUT2D eigenvalue weighted by molar-refractivity contribution is 6.53. The molecular weight excluding hydrogens is 335 g/mol. The molecule has 2 fully saturated rings. The first-order valence-electron chi connectivity index (χ1n) is 7.87. The van der Waals surface area contributed by atoms with Crippen LogP contribution >= 0.6 is 23.2 Å². The molecule has 1 aromatic carbocycles. The van der Waals surface area contributed by atoms with Gasteiger partial charge in [-0.25, -0.2) is 0 Å². The molecule has 0 unspecified atom stereocenters. The van der Waals surface area contributed by atoms with Crippen molar-refractivity contribution in [1.29, 1.82) is 0 Å². The van der Waals surface area contributed by atoms with Crippen molar-refractivity contribution in [1.82, 2.24) is 4.90 Å². The van der Waals surface area contributed by atoms with Crippen LogP contribution in [0.2, 0.25) is 0 Å². The molecule has 2 amide bonds. The van der Waals surface area contributed by atoms with Crippen LogP contribution < -0.4 is 5.32 Å². The molecule has 0 spiro atoms. The third-order valence-electron chi connectivity index (χ3n) is 4.85. The number of hydrogen-bond donors (Lipinski definition) is 1. The van der Waals surface area contributed by atoms with E-state index in [2.05, 4.69) is 5.32 Å². The van der Waals surface area contributed by atoms with Crippen LogP contribution in [0.1, 0.15) is 26.2 Å². The Labute approximate surface area is 146 Å². The van der Waals surface area contributed by atoms with Gasteiger partial charge in [0.05, 0.1) is 11.3 Å². The summed E-state index contributed by atoms with van der Waals surface area (Å²) in [5.41, 5.74) is 0.0594. The van der Waals surface area contributed by atoms with E-state index < -0.39 is 9.75 Å². The first-order valence-corrected chi connectivity index (χ1v) is 8.62. The van der Waals surface area contributed by atoms with Gasteiger partial charge in [0, 0.05) is 18.8 Å². The standard InChI is InChI=1S/C17H20Cl2N2O2/c1-16(11-17(16,18)19)15(23)21-9-5-6-12(10-21)14(22)20-13-7-3-2-4-8-13/h2-4,7-8,12H,5-6,9-11H2,1H3,(H,20,22)/t12-,16-/m1/s1. The summed E-state index contributed by atoms with van der Waals surface area (Å²) in [6, 6.07) is 9.35. The number of anilines is 1. The van der Waals surface area contributed by atoms with Crippen molar-refractivity contribution < 1.29 is 9.59 Å². The van der Waals surface area contributed by atoms with Crippen molar-refractivity contribution in [2.75, 3.05) is 18.4 Å². The van der Waals surface area contributed by atoms with Gasteiger partial charge < -0.3 is 10.2 Å². The zero-order valence-corrected chi connectivity index (χ0v) is 14.5. The van der Waals surface area contributed by atoms with Gasteiger partial charge in [0.25, 0.3) is 0 Å². The second-order valence-electron chi connectivity index (χ2n) is 6.66. The Balaban J connectivity index is 1.62. The van der Waals surface area contributed by atoms with E-state index in [1.807, 2.05) is 30.3 Å². The lowest BCUT2D eigenvalue weighted by atomic mass is 9.95. The number of piperidine rings is 1. The highest BCUT2D eigenvalue weighted by atomic mass is 35.5.